The van der Waals surface area contributed by atoms with E-state index in [0.29, 0.717) is 18.0 Å². The average molecular weight is 312 g/mol. The van der Waals surface area contributed by atoms with Gasteiger partial charge in [-0.1, -0.05) is 25.7 Å². The third-order valence-electron chi connectivity index (χ3n) is 5.10. The van der Waals surface area contributed by atoms with Gasteiger partial charge in [-0.05, 0) is 24.5 Å². The SMILES string of the molecule is N#Cc1ccc(N2CCN(C(=O)CCC3CCCC3)CC2)cn1. The van der Waals surface area contributed by atoms with Gasteiger partial charge in [0.05, 0.1) is 11.9 Å². The number of carbonyl (C=O) groups is 1. The summed E-state index contributed by atoms with van der Waals surface area (Å²) in [5, 5.41) is 8.79. The minimum Gasteiger partial charge on any atom is -0.367 e. The predicted octanol–water partition coefficient (Wildman–Crippen LogP) is 2.57. The normalized spacial score (nSPS) is 18.9. The van der Waals surface area contributed by atoms with Crippen LogP contribution >= 0.6 is 0 Å². The van der Waals surface area contributed by atoms with Crippen LogP contribution in [0.3, 0.4) is 0 Å². The maximum Gasteiger partial charge on any atom is 0.222 e. The lowest BCUT2D eigenvalue weighted by molar-refractivity contribution is -0.131. The molecule has 1 saturated carbocycles. The molecule has 1 amide bonds. The van der Waals surface area contributed by atoms with E-state index in [9.17, 15) is 4.79 Å². The molecule has 0 atom stereocenters. The number of hydrogen-bond acceptors (Lipinski definition) is 4. The molecule has 0 radical (unpaired) electrons. The van der Waals surface area contributed by atoms with Gasteiger partial charge in [-0.25, -0.2) is 4.98 Å². The minimum absolute atomic E-state index is 0.314. The zero-order chi connectivity index (χ0) is 16.1. The van der Waals surface area contributed by atoms with E-state index < -0.39 is 0 Å². The molecule has 1 aliphatic carbocycles. The Morgan fingerprint density at radius 2 is 1.96 bits per heavy atom. The second-order valence-corrected chi connectivity index (χ2v) is 6.57. The first-order valence-electron chi connectivity index (χ1n) is 8.65. The Morgan fingerprint density at radius 1 is 1.22 bits per heavy atom. The van der Waals surface area contributed by atoms with Gasteiger partial charge in [0.25, 0.3) is 0 Å². The molecule has 122 valence electrons. The molecule has 0 unspecified atom stereocenters. The van der Waals surface area contributed by atoms with Crippen molar-refractivity contribution in [3.05, 3.63) is 24.0 Å². The van der Waals surface area contributed by atoms with Crippen LogP contribution in [0.5, 0.6) is 0 Å². The molecule has 1 aromatic rings. The second-order valence-electron chi connectivity index (χ2n) is 6.57. The Hall–Kier alpha value is -2.09. The topological polar surface area (TPSA) is 60.2 Å². The van der Waals surface area contributed by atoms with Crippen LogP contribution in [0.15, 0.2) is 18.3 Å². The average Bonchev–Trinajstić information content (AvgIpc) is 3.13. The molecule has 1 aliphatic heterocycles. The van der Waals surface area contributed by atoms with Crippen molar-refractivity contribution in [2.45, 2.75) is 38.5 Å². The zero-order valence-corrected chi connectivity index (χ0v) is 13.6. The Morgan fingerprint density at radius 3 is 2.57 bits per heavy atom. The highest BCUT2D eigenvalue weighted by molar-refractivity contribution is 5.76. The molecule has 0 aromatic carbocycles. The molecule has 0 N–H and O–H groups in total. The summed E-state index contributed by atoms with van der Waals surface area (Å²) in [6.07, 6.45) is 8.84. The summed E-state index contributed by atoms with van der Waals surface area (Å²) >= 11 is 0. The molecule has 3 rings (SSSR count). The van der Waals surface area contributed by atoms with Crippen LogP contribution in [0.25, 0.3) is 0 Å². The standard InChI is InChI=1S/C18H24N4O/c19-13-16-6-7-17(14-20-16)21-9-11-22(12-10-21)18(23)8-5-15-3-1-2-4-15/h6-7,14-15H,1-5,8-12H2. The van der Waals surface area contributed by atoms with E-state index in [1.807, 2.05) is 17.0 Å². The monoisotopic (exact) mass is 312 g/mol. The van der Waals surface area contributed by atoms with Gasteiger partial charge in [-0.3, -0.25) is 4.79 Å². The summed E-state index contributed by atoms with van der Waals surface area (Å²) in [5.74, 6) is 1.10. The fourth-order valence-electron chi connectivity index (χ4n) is 3.64. The van der Waals surface area contributed by atoms with Crippen LogP contribution < -0.4 is 4.90 Å². The van der Waals surface area contributed by atoms with Crippen LogP contribution in [0.4, 0.5) is 5.69 Å². The summed E-state index contributed by atoms with van der Waals surface area (Å²) < 4.78 is 0. The van der Waals surface area contributed by atoms with E-state index in [1.54, 1.807) is 12.3 Å². The Labute approximate surface area is 137 Å². The maximum absolute atomic E-state index is 12.3. The first-order valence-corrected chi connectivity index (χ1v) is 8.65. The fraction of sp³-hybridized carbons (Fsp3) is 0.611. The van der Waals surface area contributed by atoms with Crippen molar-refractivity contribution < 1.29 is 4.79 Å². The quantitative estimate of drug-likeness (QED) is 0.857. The van der Waals surface area contributed by atoms with E-state index in [4.69, 9.17) is 5.26 Å². The molecular weight excluding hydrogens is 288 g/mol. The molecule has 2 fully saturated rings. The van der Waals surface area contributed by atoms with Crippen molar-refractivity contribution in [2.24, 2.45) is 5.92 Å². The molecule has 2 heterocycles. The van der Waals surface area contributed by atoms with Gasteiger partial charge in [-0.15, -0.1) is 0 Å². The molecule has 23 heavy (non-hydrogen) atoms. The Kier molecular flexibility index (Phi) is 5.12. The smallest absolute Gasteiger partial charge is 0.222 e. The van der Waals surface area contributed by atoms with Gasteiger partial charge in [0.1, 0.15) is 11.8 Å². The lowest BCUT2D eigenvalue weighted by atomic mass is 10.0. The number of nitriles is 1. The van der Waals surface area contributed by atoms with Crippen molar-refractivity contribution in [3.63, 3.8) is 0 Å². The molecule has 5 heteroatoms. The summed E-state index contributed by atoms with van der Waals surface area (Å²) in [7, 11) is 0. The van der Waals surface area contributed by atoms with E-state index >= 15 is 0 Å². The van der Waals surface area contributed by atoms with Crippen LogP contribution in [-0.2, 0) is 4.79 Å². The van der Waals surface area contributed by atoms with Crippen LogP contribution in [0.2, 0.25) is 0 Å². The predicted molar refractivity (Wildman–Crippen MR) is 88.9 cm³/mol. The molecule has 5 nitrogen and oxygen atoms in total. The van der Waals surface area contributed by atoms with Gasteiger partial charge in [0.2, 0.25) is 5.91 Å². The highest BCUT2D eigenvalue weighted by atomic mass is 16.2. The highest BCUT2D eigenvalue weighted by Crippen LogP contribution is 2.28. The Balaban J connectivity index is 1.45. The van der Waals surface area contributed by atoms with Crippen molar-refractivity contribution in [1.29, 1.82) is 5.26 Å². The molecular formula is C18H24N4O. The van der Waals surface area contributed by atoms with E-state index in [2.05, 4.69) is 9.88 Å². The van der Waals surface area contributed by atoms with Gasteiger partial charge in [-0.2, -0.15) is 5.26 Å². The van der Waals surface area contributed by atoms with Crippen LogP contribution in [-0.4, -0.2) is 42.0 Å². The first kappa shape index (κ1) is 15.8. The number of pyridine rings is 1. The molecule has 0 bridgehead atoms. The number of nitrogens with zero attached hydrogens (tertiary/aromatic N) is 4. The summed E-state index contributed by atoms with van der Waals surface area (Å²) in [5.41, 5.74) is 1.47. The fourth-order valence-corrected chi connectivity index (χ4v) is 3.64. The summed E-state index contributed by atoms with van der Waals surface area (Å²) in [6.45, 7) is 3.23. The van der Waals surface area contributed by atoms with E-state index in [1.165, 1.54) is 25.7 Å². The lowest BCUT2D eigenvalue weighted by Gasteiger charge is -2.36. The van der Waals surface area contributed by atoms with Crippen molar-refractivity contribution >= 4 is 11.6 Å². The third kappa shape index (κ3) is 4.01. The van der Waals surface area contributed by atoms with Gasteiger partial charge in [0.15, 0.2) is 0 Å². The Bertz CT molecular complexity index is 564. The van der Waals surface area contributed by atoms with Crippen molar-refractivity contribution in [1.82, 2.24) is 9.88 Å². The van der Waals surface area contributed by atoms with Crippen molar-refractivity contribution in [3.8, 4) is 6.07 Å². The number of aromatic nitrogens is 1. The second kappa shape index (κ2) is 7.45. The molecule has 1 saturated heterocycles. The van der Waals surface area contributed by atoms with E-state index in [0.717, 1.165) is 44.2 Å². The maximum atomic E-state index is 12.3. The van der Waals surface area contributed by atoms with Crippen LogP contribution in [0, 0.1) is 17.2 Å². The minimum atomic E-state index is 0.314. The third-order valence-corrected chi connectivity index (χ3v) is 5.10. The van der Waals surface area contributed by atoms with Gasteiger partial charge >= 0.3 is 0 Å². The largest absolute Gasteiger partial charge is 0.367 e. The number of carbonyl (C=O) groups excluding carboxylic acids is 1. The zero-order valence-electron chi connectivity index (χ0n) is 13.6. The van der Waals surface area contributed by atoms with Crippen LogP contribution in [0.1, 0.15) is 44.2 Å². The summed E-state index contributed by atoms with van der Waals surface area (Å²) in [6, 6.07) is 5.71. The van der Waals surface area contributed by atoms with E-state index in [-0.39, 0.29) is 0 Å². The highest BCUT2D eigenvalue weighted by Gasteiger charge is 2.23. The molecule has 0 spiro atoms. The number of amides is 1. The summed E-state index contributed by atoms with van der Waals surface area (Å²) in [4.78, 5) is 20.7. The lowest BCUT2D eigenvalue weighted by Crippen LogP contribution is -2.48. The molecule has 1 aromatic heterocycles. The van der Waals surface area contributed by atoms with Gasteiger partial charge < -0.3 is 9.80 Å². The number of rotatable bonds is 4. The van der Waals surface area contributed by atoms with Gasteiger partial charge in [0, 0.05) is 32.6 Å². The number of hydrogen-bond donors (Lipinski definition) is 0. The molecule has 2 aliphatic rings. The van der Waals surface area contributed by atoms with Crippen molar-refractivity contribution in [2.75, 3.05) is 31.1 Å². The number of piperazine rings is 1. The number of anilines is 1. The first-order chi connectivity index (χ1) is 11.3.